The Labute approximate surface area is 207 Å². The molecule has 0 amide bonds. The van der Waals surface area contributed by atoms with E-state index in [4.69, 9.17) is 4.74 Å². The molecular weight excluding hydrogens is 443 g/mol. The molecule has 5 heteroatoms. The first-order valence-electron chi connectivity index (χ1n) is 12.6. The van der Waals surface area contributed by atoms with Crippen molar-refractivity contribution in [3.05, 3.63) is 64.5 Å². The number of halogens is 1. The zero-order valence-corrected chi connectivity index (χ0v) is 21.7. The smallest absolute Gasteiger partial charge is 0.119 e. The van der Waals surface area contributed by atoms with E-state index in [0.29, 0.717) is 12.6 Å². The number of alkyl halides is 1. The van der Waals surface area contributed by atoms with E-state index in [0.717, 1.165) is 38.3 Å². The van der Waals surface area contributed by atoms with Crippen molar-refractivity contribution in [3.8, 4) is 5.75 Å². The molecule has 1 saturated heterocycles. The van der Waals surface area contributed by atoms with Crippen LogP contribution in [0.15, 0.2) is 48.5 Å². The number of rotatable bonds is 7. The second kappa shape index (κ2) is 9.60. The Kier molecular flexibility index (Phi) is 6.71. The summed E-state index contributed by atoms with van der Waals surface area (Å²) in [4.78, 5) is 6.50. The highest BCUT2D eigenvalue weighted by Gasteiger charge is 2.37. The lowest BCUT2D eigenvalue weighted by molar-refractivity contribution is 0.0668. The minimum atomic E-state index is -0.202. The number of hydrogen-bond acceptors (Lipinski definition) is 4. The number of thiophene rings is 1. The lowest BCUT2D eigenvalue weighted by Crippen LogP contribution is -2.49. The summed E-state index contributed by atoms with van der Waals surface area (Å²) in [6, 6.07) is 18.4. The zero-order valence-electron chi connectivity index (χ0n) is 20.9. The predicted molar refractivity (Wildman–Crippen MR) is 141 cm³/mol. The van der Waals surface area contributed by atoms with Crippen molar-refractivity contribution in [2.45, 2.75) is 46.2 Å². The molecule has 2 aromatic carbocycles. The van der Waals surface area contributed by atoms with Crippen LogP contribution < -0.4 is 4.74 Å². The third-order valence-corrected chi connectivity index (χ3v) is 8.35. The Hall–Kier alpha value is -1.95. The van der Waals surface area contributed by atoms with E-state index in [1.54, 1.807) is 0 Å². The van der Waals surface area contributed by atoms with Gasteiger partial charge in [-0.3, -0.25) is 14.2 Å². The molecule has 182 valence electrons. The van der Waals surface area contributed by atoms with Gasteiger partial charge in [0.2, 0.25) is 0 Å². The second-order valence-corrected chi connectivity index (χ2v) is 12.5. The van der Waals surface area contributed by atoms with Crippen LogP contribution in [0.2, 0.25) is 0 Å². The molecule has 2 aliphatic rings. The fraction of sp³-hybridized carbons (Fsp3) is 0.517. The Balaban J connectivity index is 1.39. The fourth-order valence-electron chi connectivity index (χ4n) is 5.52. The van der Waals surface area contributed by atoms with Gasteiger partial charge in [-0.1, -0.05) is 51.1 Å². The molecule has 0 N–H and O–H groups in total. The molecule has 2 aliphatic heterocycles. The average Bonchev–Trinajstić information content (AvgIpc) is 3.13. The second-order valence-electron chi connectivity index (χ2n) is 11.3. The monoisotopic (exact) mass is 480 g/mol. The molecule has 1 aromatic heterocycles. The Morgan fingerprint density at radius 3 is 2.50 bits per heavy atom. The van der Waals surface area contributed by atoms with Crippen LogP contribution in [0.3, 0.4) is 0 Å². The zero-order chi connectivity index (χ0) is 23.9. The minimum Gasteiger partial charge on any atom is -0.492 e. The maximum Gasteiger partial charge on any atom is 0.119 e. The van der Waals surface area contributed by atoms with Crippen molar-refractivity contribution in [2.75, 3.05) is 39.5 Å². The lowest BCUT2D eigenvalue weighted by atomic mass is 9.85. The number of benzene rings is 2. The Bertz CT molecular complexity index is 1110. The van der Waals surface area contributed by atoms with Crippen LogP contribution in [0.25, 0.3) is 10.1 Å². The summed E-state index contributed by atoms with van der Waals surface area (Å²) < 4.78 is 20.1. The molecule has 2 atom stereocenters. The molecule has 0 saturated carbocycles. The fourth-order valence-corrected chi connectivity index (χ4v) is 6.88. The molecule has 0 unspecified atom stereocenters. The third-order valence-electron chi connectivity index (χ3n) is 7.14. The first kappa shape index (κ1) is 23.8. The number of hydrogen-bond donors (Lipinski definition) is 0. The van der Waals surface area contributed by atoms with Gasteiger partial charge in [-0.05, 0) is 53.5 Å². The average molecular weight is 481 g/mol. The van der Waals surface area contributed by atoms with Gasteiger partial charge < -0.3 is 4.74 Å². The van der Waals surface area contributed by atoms with Gasteiger partial charge in [-0.15, -0.1) is 11.3 Å². The largest absolute Gasteiger partial charge is 0.492 e. The van der Waals surface area contributed by atoms with Crippen LogP contribution in [0.4, 0.5) is 4.39 Å². The van der Waals surface area contributed by atoms with Crippen molar-refractivity contribution >= 4 is 21.4 Å². The highest BCUT2D eigenvalue weighted by molar-refractivity contribution is 7.19. The summed E-state index contributed by atoms with van der Waals surface area (Å²) in [7, 11) is 0. The molecule has 34 heavy (non-hydrogen) atoms. The van der Waals surface area contributed by atoms with Gasteiger partial charge in [0.15, 0.2) is 0 Å². The highest BCUT2D eigenvalue weighted by atomic mass is 32.1. The SMILES string of the molecule is C[C@@H]1Cc2sc3ccccc3c2[C@H](c2ccc(OCCN3CC(CF)C3)cc2)N1CC(C)(C)C. The molecule has 0 bridgehead atoms. The molecule has 3 nitrogen and oxygen atoms in total. The van der Waals surface area contributed by atoms with Crippen LogP contribution >= 0.6 is 11.3 Å². The number of fused-ring (bicyclic) bond motifs is 3. The summed E-state index contributed by atoms with van der Waals surface area (Å²) in [5.41, 5.74) is 3.05. The minimum absolute atomic E-state index is 0.202. The van der Waals surface area contributed by atoms with Gasteiger partial charge in [0.25, 0.3) is 0 Å². The summed E-state index contributed by atoms with van der Waals surface area (Å²) in [6.07, 6.45) is 1.11. The summed E-state index contributed by atoms with van der Waals surface area (Å²) >= 11 is 1.97. The van der Waals surface area contributed by atoms with Gasteiger partial charge in [0, 0.05) is 47.7 Å². The summed E-state index contributed by atoms with van der Waals surface area (Å²) in [5, 5.41) is 1.40. The van der Waals surface area contributed by atoms with Crippen molar-refractivity contribution in [2.24, 2.45) is 11.3 Å². The molecule has 3 aromatic rings. The molecule has 0 radical (unpaired) electrons. The van der Waals surface area contributed by atoms with E-state index in [-0.39, 0.29) is 24.0 Å². The van der Waals surface area contributed by atoms with Crippen molar-refractivity contribution in [1.82, 2.24) is 9.80 Å². The topological polar surface area (TPSA) is 15.7 Å². The van der Waals surface area contributed by atoms with E-state index >= 15 is 0 Å². The lowest BCUT2D eigenvalue weighted by Gasteiger charge is -2.44. The number of likely N-dealkylation sites (tertiary alicyclic amines) is 1. The first-order chi connectivity index (χ1) is 16.3. The van der Waals surface area contributed by atoms with Gasteiger partial charge in [0.1, 0.15) is 12.4 Å². The quantitative estimate of drug-likeness (QED) is 0.381. The summed E-state index contributed by atoms with van der Waals surface area (Å²) in [6.45, 7) is 13.5. The van der Waals surface area contributed by atoms with Crippen LogP contribution in [0.1, 0.15) is 49.7 Å². The standard InChI is InChI=1S/C29H37FN2OS/c1-20-15-26-27(24-7-5-6-8-25(24)34-26)28(32(20)19-29(2,3)4)22-9-11-23(12-10-22)33-14-13-31-17-21(16-30)18-31/h5-12,20-21,28H,13-19H2,1-4H3/t20-,28+/m1/s1. The normalized spacial score (nSPS) is 22.0. The van der Waals surface area contributed by atoms with Gasteiger partial charge in [-0.25, -0.2) is 0 Å². The number of ether oxygens (including phenoxy) is 1. The first-order valence-corrected chi connectivity index (χ1v) is 13.4. The van der Waals surface area contributed by atoms with E-state index in [9.17, 15) is 4.39 Å². The Morgan fingerprint density at radius 2 is 1.79 bits per heavy atom. The van der Waals surface area contributed by atoms with E-state index in [1.165, 1.54) is 26.1 Å². The summed E-state index contributed by atoms with van der Waals surface area (Å²) in [5.74, 6) is 1.14. The van der Waals surface area contributed by atoms with Crippen molar-refractivity contribution in [3.63, 3.8) is 0 Å². The van der Waals surface area contributed by atoms with Gasteiger partial charge in [0.05, 0.1) is 12.7 Å². The molecule has 0 spiro atoms. The number of nitrogens with zero attached hydrogens (tertiary/aromatic N) is 2. The third kappa shape index (κ3) is 4.89. The molecule has 0 aliphatic carbocycles. The van der Waals surface area contributed by atoms with Gasteiger partial charge in [-0.2, -0.15) is 0 Å². The molecule has 1 fully saturated rings. The van der Waals surface area contributed by atoms with Crippen LogP contribution in [-0.4, -0.2) is 55.3 Å². The maximum absolute atomic E-state index is 12.6. The van der Waals surface area contributed by atoms with Crippen LogP contribution in [-0.2, 0) is 6.42 Å². The molecular formula is C29H37FN2OS. The van der Waals surface area contributed by atoms with Gasteiger partial charge >= 0.3 is 0 Å². The Morgan fingerprint density at radius 1 is 1.06 bits per heavy atom. The molecule has 5 rings (SSSR count). The predicted octanol–water partition coefficient (Wildman–Crippen LogP) is 6.56. The van der Waals surface area contributed by atoms with Crippen molar-refractivity contribution in [1.29, 1.82) is 0 Å². The van der Waals surface area contributed by atoms with E-state index in [2.05, 4.69) is 86.0 Å². The van der Waals surface area contributed by atoms with E-state index < -0.39 is 0 Å². The van der Waals surface area contributed by atoms with Crippen molar-refractivity contribution < 1.29 is 9.13 Å². The van der Waals surface area contributed by atoms with Crippen LogP contribution in [0, 0.1) is 11.3 Å². The molecule has 3 heterocycles. The maximum atomic E-state index is 12.6. The van der Waals surface area contributed by atoms with E-state index in [1.807, 2.05) is 11.3 Å². The van der Waals surface area contributed by atoms with Crippen LogP contribution in [0.5, 0.6) is 5.75 Å². The highest BCUT2D eigenvalue weighted by Crippen LogP contribution is 2.46.